The van der Waals surface area contributed by atoms with Crippen molar-refractivity contribution in [3.05, 3.63) is 0 Å². The van der Waals surface area contributed by atoms with E-state index in [1.807, 2.05) is 0 Å². The average molecular weight is 234 g/mol. The minimum Gasteiger partial charge on any atom is -0.394 e. The van der Waals surface area contributed by atoms with Gasteiger partial charge in [-0.25, -0.2) is 0 Å². The molecule has 0 spiro atoms. The molecule has 1 unspecified atom stereocenters. The summed E-state index contributed by atoms with van der Waals surface area (Å²) in [5.41, 5.74) is 0. The van der Waals surface area contributed by atoms with Crippen LogP contribution in [0.3, 0.4) is 0 Å². The van der Waals surface area contributed by atoms with Gasteiger partial charge in [-0.3, -0.25) is 0 Å². The highest BCUT2D eigenvalue weighted by molar-refractivity contribution is 4.95. The van der Waals surface area contributed by atoms with Crippen LogP contribution in [0, 0.1) is 0 Å². The van der Waals surface area contributed by atoms with Gasteiger partial charge in [-0.1, -0.05) is 0 Å². The molecule has 6 nitrogen and oxygen atoms in total. The number of methoxy groups -OCH3 is 1. The zero-order chi connectivity index (χ0) is 11.9. The molecule has 2 aliphatic rings. The number of aliphatic hydroxyl groups is 2. The van der Waals surface area contributed by atoms with Crippen molar-refractivity contribution >= 4 is 0 Å². The molecular weight excluding hydrogens is 216 g/mol. The molecule has 16 heavy (non-hydrogen) atoms. The summed E-state index contributed by atoms with van der Waals surface area (Å²) in [4.78, 5) is 0. The van der Waals surface area contributed by atoms with Gasteiger partial charge in [-0.2, -0.15) is 0 Å². The quantitative estimate of drug-likeness (QED) is 0.653. The van der Waals surface area contributed by atoms with Gasteiger partial charge in [-0.05, 0) is 13.8 Å². The van der Waals surface area contributed by atoms with Crippen molar-refractivity contribution in [2.75, 3.05) is 13.7 Å². The van der Waals surface area contributed by atoms with Crippen LogP contribution in [0.25, 0.3) is 0 Å². The Morgan fingerprint density at radius 3 is 2.44 bits per heavy atom. The lowest BCUT2D eigenvalue weighted by Crippen LogP contribution is -2.57. The van der Waals surface area contributed by atoms with Crippen LogP contribution in [0.1, 0.15) is 13.8 Å². The smallest absolute Gasteiger partial charge is 0.186 e. The topological polar surface area (TPSA) is 77.4 Å². The van der Waals surface area contributed by atoms with Crippen molar-refractivity contribution in [2.45, 2.75) is 50.3 Å². The van der Waals surface area contributed by atoms with E-state index in [0.29, 0.717) is 0 Å². The van der Waals surface area contributed by atoms with Gasteiger partial charge in [0.2, 0.25) is 0 Å². The number of ether oxygens (including phenoxy) is 4. The highest BCUT2D eigenvalue weighted by atomic mass is 16.8. The van der Waals surface area contributed by atoms with Crippen LogP contribution in [-0.4, -0.2) is 60.4 Å². The fraction of sp³-hybridized carbons (Fsp3) is 1.00. The van der Waals surface area contributed by atoms with Gasteiger partial charge < -0.3 is 29.2 Å². The zero-order valence-corrected chi connectivity index (χ0v) is 9.62. The van der Waals surface area contributed by atoms with Crippen molar-refractivity contribution in [3.8, 4) is 0 Å². The number of fused-ring (bicyclic) bond motifs is 1. The minimum atomic E-state index is -0.914. The first-order valence-corrected chi connectivity index (χ1v) is 5.31. The Hall–Kier alpha value is -0.240. The lowest BCUT2D eigenvalue weighted by molar-refractivity contribution is -0.272. The highest BCUT2D eigenvalue weighted by Gasteiger charge is 2.54. The Morgan fingerprint density at radius 2 is 1.88 bits per heavy atom. The first kappa shape index (κ1) is 12.2. The summed E-state index contributed by atoms with van der Waals surface area (Å²) < 4.78 is 21.7. The fourth-order valence-corrected chi connectivity index (χ4v) is 2.17. The second-order valence-corrected chi connectivity index (χ2v) is 4.52. The van der Waals surface area contributed by atoms with Crippen LogP contribution < -0.4 is 0 Å². The standard InChI is InChI=1S/C10H18O6/c1-10(2)15-7-6(12)5(4-11)14-9(13-3)8(7)16-10/h5-9,11-12H,4H2,1-3H3/t5-,6-,7+,8+,9?/m1/s1. The average Bonchev–Trinajstić information content (AvgIpc) is 2.55. The van der Waals surface area contributed by atoms with Crippen molar-refractivity contribution in [1.29, 1.82) is 0 Å². The molecule has 2 saturated heterocycles. The Kier molecular flexibility index (Phi) is 3.22. The van der Waals surface area contributed by atoms with Gasteiger partial charge in [0.15, 0.2) is 12.1 Å². The fourth-order valence-electron chi connectivity index (χ4n) is 2.17. The summed E-state index contributed by atoms with van der Waals surface area (Å²) in [7, 11) is 1.49. The molecule has 2 aliphatic heterocycles. The van der Waals surface area contributed by atoms with E-state index in [1.54, 1.807) is 13.8 Å². The molecule has 0 saturated carbocycles. The SMILES string of the molecule is COC1O[C@H](CO)[C@@H](O)[C@@H]2OC(C)(C)O[C@H]12. The second-order valence-electron chi connectivity index (χ2n) is 4.52. The van der Waals surface area contributed by atoms with Crippen LogP contribution in [0.5, 0.6) is 0 Å². The highest BCUT2D eigenvalue weighted by Crippen LogP contribution is 2.37. The molecule has 5 atom stereocenters. The van der Waals surface area contributed by atoms with Crippen LogP contribution in [0.2, 0.25) is 0 Å². The Balaban J connectivity index is 2.18. The molecule has 0 aliphatic carbocycles. The maximum absolute atomic E-state index is 9.94. The van der Waals surface area contributed by atoms with Crippen molar-refractivity contribution < 1.29 is 29.2 Å². The van der Waals surface area contributed by atoms with Gasteiger partial charge in [0, 0.05) is 7.11 Å². The molecule has 2 rings (SSSR count). The molecule has 6 heteroatoms. The Bertz CT molecular complexity index is 256. The number of hydrogen-bond acceptors (Lipinski definition) is 6. The van der Waals surface area contributed by atoms with Crippen molar-refractivity contribution in [3.63, 3.8) is 0 Å². The lowest BCUT2D eigenvalue weighted by Gasteiger charge is -2.38. The third kappa shape index (κ3) is 1.97. The van der Waals surface area contributed by atoms with Crippen molar-refractivity contribution in [1.82, 2.24) is 0 Å². The second kappa shape index (κ2) is 4.21. The molecule has 2 fully saturated rings. The molecule has 0 amide bonds. The number of aliphatic hydroxyl groups excluding tert-OH is 2. The summed E-state index contributed by atoms with van der Waals surface area (Å²) in [6.07, 6.45) is -3.26. The largest absolute Gasteiger partial charge is 0.394 e. The molecule has 94 valence electrons. The normalized spacial score (nSPS) is 46.7. The van der Waals surface area contributed by atoms with Crippen LogP contribution in [0.4, 0.5) is 0 Å². The Morgan fingerprint density at radius 1 is 1.25 bits per heavy atom. The monoisotopic (exact) mass is 234 g/mol. The van der Waals surface area contributed by atoms with Crippen LogP contribution in [-0.2, 0) is 18.9 Å². The number of rotatable bonds is 2. The number of hydrogen-bond donors (Lipinski definition) is 2. The van der Waals surface area contributed by atoms with Gasteiger partial charge in [-0.15, -0.1) is 0 Å². The third-order valence-electron chi connectivity index (χ3n) is 2.87. The third-order valence-corrected chi connectivity index (χ3v) is 2.87. The summed E-state index contributed by atoms with van der Waals surface area (Å²) in [5, 5.41) is 19.0. The molecule has 0 aromatic carbocycles. The van der Waals surface area contributed by atoms with Gasteiger partial charge in [0.1, 0.15) is 24.4 Å². The Labute approximate surface area is 94.1 Å². The van der Waals surface area contributed by atoms with Gasteiger partial charge >= 0.3 is 0 Å². The summed E-state index contributed by atoms with van der Waals surface area (Å²) >= 11 is 0. The van der Waals surface area contributed by atoms with E-state index in [1.165, 1.54) is 7.11 Å². The predicted molar refractivity (Wildman–Crippen MR) is 52.6 cm³/mol. The van der Waals surface area contributed by atoms with E-state index in [9.17, 15) is 5.11 Å². The maximum atomic E-state index is 9.94. The van der Waals surface area contributed by atoms with Gasteiger partial charge in [0.05, 0.1) is 6.61 Å². The molecule has 2 N–H and O–H groups in total. The maximum Gasteiger partial charge on any atom is 0.186 e. The molecule has 0 aromatic heterocycles. The first-order chi connectivity index (χ1) is 7.48. The summed E-state index contributed by atoms with van der Waals surface area (Å²) in [5.74, 6) is -0.777. The first-order valence-electron chi connectivity index (χ1n) is 5.31. The van der Waals surface area contributed by atoms with Crippen molar-refractivity contribution in [2.24, 2.45) is 0 Å². The van der Waals surface area contributed by atoms with E-state index in [4.69, 9.17) is 24.1 Å². The van der Waals surface area contributed by atoms with E-state index in [0.717, 1.165) is 0 Å². The van der Waals surface area contributed by atoms with E-state index >= 15 is 0 Å². The molecule has 0 aromatic rings. The summed E-state index contributed by atoms with van der Waals surface area (Å²) in [6.45, 7) is 3.24. The molecule has 0 bridgehead atoms. The zero-order valence-electron chi connectivity index (χ0n) is 9.62. The van der Waals surface area contributed by atoms with E-state index in [-0.39, 0.29) is 6.61 Å². The van der Waals surface area contributed by atoms with Crippen LogP contribution in [0.15, 0.2) is 0 Å². The van der Waals surface area contributed by atoms with Gasteiger partial charge in [0.25, 0.3) is 0 Å². The van der Waals surface area contributed by atoms with E-state index < -0.39 is 36.5 Å². The summed E-state index contributed by atoms with van der Waals surface area (Å²) in [6, 6.07) is 0. The molecular formula is C10H18O6. The molecule has 2 heterocycles. The molecule has 0 radical (unpaired) electrons. The minimum absolute atomic E-state index is 0.284. The lowest BCUT2D eigenvalue weighted by atomic mass is 9.99. The predicted octanol–water partition coefficient (Wildman–Crippen LogP) is -0.769. The van der Waals surface area contributed by atoms with Crippen LogP contribution >= 0.6 is 0 Å². The van der Waals surface area contributed by atoms with E-state index in [2.05, 4.69) is 0 Å².